The lowest BCUT2D eigenvalue weighted by Crippen LogP contribution is -2.41. The normalized spacial score (nSPS) is 21.1. The van der Waals surface area contributed by atoms with Crippen molar-refractivity contribution in [1.29, 1.82) is 0 Å². The highest BCUT2D eigenvalue weighted by molar-refractivity contribution is 6.62. The highest BCUT2D eigenvalue weighted by Crippen LogP contribution is 2.36. The molecule has 0 aliphatic carbocycles. The van der Waals surface area contributed by atoms with E-state index in [1.807, 2.05) is 33.8 Å². The molecule has 2 aromatic heterocycles. The standard InChI is InChI=1S/C22H22BClN4O4/c1-21(2)22(3,4)32-23(31-21)13-5-7-17(25-11-13)18-27-20(30-28-18)15-10-12-9-14(24)6-8-16(12)26-19(15)29/h5-11,19,26,29H,1-4H3. The minimum Gasteiger partial charge on any atom is -0.399 e. The predicted octanol–water partition coefficient (Wildman–Crippen LogP) is 3.37. The van der Waals surface area contributed by atoms with Gasteiger partial charge in [-0.15, -0.1) is 0 Å². The van der Waals surface area contributed by atoms with E-state index in [2.05, 4.69) is 20.4 Å². The second-order valence-electron chi connectivity index (χ2n) is 8.87. The van der Waals surface area contributed by atoms with Gasteiger partial charge in [-0.25, -0.2) is 0 Å². The first-order valence-corrected chi connectivity index (χ1v) is 10.6. The Morgan fingerprint density at radius 2 is 1.84 bits per heavy atom. The van der Waals surface area contributed by atoms with Gasteiger partial charge in [0.15, 0.2) is 6.23 Å². The summed E-state index contributed by atoms with van der Waals surface area (Å²) in [4.78, 5) is 8.87. The van der Waals surface area contributed by atoms with Crippen LogP contribution in [0, 0.1) is 0 Å². The molecule has 0 radical (unpaired) electrons. The van der Waals surface area contributed by atoms with Gasteiger partial charge in [-0.1, -0.05) is 22.8 Å². The van der Waals surface area contributed by atoms with Crippen LogP contribution >= 0.6 is 11.6 Å². The first-order valence-electron chi connectivity index (χ1n) is 10.2. The molecule has 0 spiro atoms. The number of aliphatic hydroxyl groups excluding tert-OH is 1. The molecular formula is C22H22BClN4O4. The van der Waals surface area contributed by atoms with Crippen LogP contribution in [0.1, 0.15) is 39.1 Å². The molecule has 1 fully saturated rings. The van der Waals surface area contributed by atoms with E-state index in [-0.39, 0.29) is 5.89 Å². The summed E-state index contributed by atoms with van der Waals surface area (Å²) < 4.78 is 17.5. The van der Waals surface area contributed by atoms with Crippen molar-refractivity contribution in [2.24, 2.45) is 0 Å². The lowest BCUT2D eigenvalue weighted by molar-refractivity contribution is 0.00578. The van der Waals surface area contributed by atoms with Crippen LogP contribution in [0.5, 0.6) is 0 Å². The van der Waals surface area contributed by atoms with Gasteiger partial charge in [-0.05, 0) is 63.6 Å². The van der Waals surface area contributed by atoms with Gasteiger partial charge in [-0.3, -0.25) is 4.98 Å². The molecule has 164 valence electrons. The maximum absolute atomic E-state index is 10.5. The summed E-state index contributed by atoms with van der Waals surface area (Å²) in [5.41, 5.74) is 2.52. The van der Waals surface area contributed by atoms with E-state index in [1.54, 1.807) is 36.5 Å². The Labute approximate surface area is 190 Å². The van der Waals surface area contributed by atoms with Crippen LogP contribution in [0.4, 0.5) is 5.69 Å². The second kappa shape index (κ2) is 7.42. The van der Waals surface area contributed by atoms with Crippen LogP contribution in [-0.2, 0) is 9.31 Å². The molecule has 0 saturated carbocycles. The number of halogens is 1. The molecule has 1 aromatic carbocycles. The van der Waals surface area contributed by atoms with Crippen molar-refractivity contribution in [3.05, 3.63) is 53.0 Å². The van der Waals surface area contributed by atoms with Gasteiger partial charge in [-0.2, -0.15) is 4.98 Å². The van der Waals surface area contributed by atoms with Crippen molar-refractivity contribution in [3.63, 3.8) is 0 Å². The third-order valence-electron chi connectivity index (χ3n) is 6.13. The maximum Gasteiger partial charge on any atom is 0.496 e. The quantitative estimate of drug-likeness (QED) is 0.583. The van der Waals surface area contributed by atoms with E-state index < -0.39 is 24.5 Å². The molecule has 5 rings (SSSR count). The largest absolute Gasteiger partial charge is 0.496 e. The highest BCUT2D eigenvalue weighted by Gasteiger charge is 2.51. The van der Waals surface area contributed by atoms with Crippen LogP contribution in [0.3, 0.4) is 0 Å². The van der Waals surface area contributed by atoms with Crippen LogP contribution in [0.25, 0.3) is 23.2 Å². The monoisotopic (exact) mass is 452 g/mol. The topological polar surface area (TPSA) is 103 Å². The van der Waals surface area contributed by atoms with E-state index in [4.69, 9.17) is 25.4 Å². The van der Waals surface area contributed by atoms with Gasteiger partial charge in [0.2, 0.25) is 5.82 Å². The first-order chi connectivity index (χ1) is 15.1. The number of aromatic nitrogens is 3. The van der Waals surface area contributed by atoms with Gasteiger partial charge in [0.25, 0.3) is 5.89 Å². The number of aliphatic hydroxyl groups is 1. The summed E-state index contributed by atoms with van der Waals surface area (Å²) >= 11 is 6.08. The molecule has 10 heteroatoms. The van der Waals surface area contributed by atoms with Crippen LogP contribution < -0.4 is 10.8 Å². The third-order valence-corrected chi connectivity index (χ3v) is 6.36. The zero-order valence-electron chi connectivity index (χ0n) is 18.1. The minimum absolute atomic E-state index is 0.197. The van der Waals surface area contributed by atoms with Gasteiger partial charge >= 0.3 is 7.12 Å². The molecule has 8 nitrogen and oxygen atoms in total. The number of nitrogens with zero attached hydrogens (tertiary/aromatic N) is 3. The van der Waals surface area contributed by atoms with Crippen molar-refractivity contribution >= 4 is 41.5 Å². The summed E-state index contributed by atoms with van der Waals surface area (Å²) in [6.07, 6.45) is 2.46. The van der Waals surface area contributed by atoms with Crippen molar-refractivity contribution < 1.29 is 18.9 Å². The molecule has 2 aliphatic rings. The first kappa shape index (κ1) is 21.1. The fraction of sp³-hybridized carbons (Fsp3) is 0.318. The molecule has 4 heterocycles. The molecule has 32 heavy (non-hydrogen) atoms. The Balaban J connectivity index is 1.39. The molecule has 0 amide bonds. The molecule has 3 aromatic rings. The zero-order chi connectivity index (χ0) is 22.7. The van der Waals surface area contributed by atoms with E-state index in [0.717, 1.165) is 16.7 Å². The highest BCUT2D eigenvalue weighted by atomic mass is 35.5. The molecule has 2 N–H and O–H groups in total. The molecule has 1 unspecified atom stereocenters. The number of fused-ring (bicyclic) bond motifs is 1. The van der Waals surface area contributed by atoms with E-state index in [9.17, 15) is 5.11 Å². The number of pyridine rings is 1. The van der Waals surface area contributed by atoms with Gasteiger partial charge in [0, 0.05) is 22.4 Å². The summed E-state index contributed by atoms with van der Waals surface area (Å²) in [5.74, 6) is 0.507. The molecule has 2 aliphatic heterocycles. The van der Waals surface area contributed by atoms with Crippen molar-refractivity contribution in [2.75, 3.05) is 5.32 Å². The number of anilines is 1. The number of hydrogen-bond donors (Lipinski definition) is 2. The summed E-state index contributed by atoms with van der Waals surface area (Å²) in [6.45, 7) is 8.02. The van der Waals surface area contributed by atoms with Crippen LogP contribution in [0.2, 0.25) is 5.02 Å². The summed E-state index contributed by atoms with van der Waals surface area (Å²) in [5, 5.41) is 18.1. The fourth-order valence-electron chi connectivity index (χ4n) is 3.54. The van der Waals surface area contributed by atoms with Crippen molar-refractivity contribution in [1.82, 2.24) is 15.1 Å². The van der Waals surface area contributed by atoms with Crippen molar-refractivity contribution in [3.8, 4) is 11.5 Å². The molecular weight excluding hydrogens is 431 g/mol. The van der Waals surface area contributed by atoms with Crippen molar-refractivity contribution in [2.45, 2.75) is 45.1 Å². The summed E-state index contributed by atoms with van der Waals surface area (Å²) in [7, 11) is -0.497. The Morgan fingerprint density at radius 1 is 1.09 bits per heavy atom. The average molecular weight is 453 g/mol. The maximum atomic E-state index is 10.5. The number of benzene rings is 1. The average Bonchev–Trinajstić information content (AvgIpc) is 3.30. The van der Waals surface area contributed by atoms with Gasteiger partial charge < -0.3 is 24.3 Å². The minimum atomic E-state index is -0.990. The molecule has 0 bridgehead atoms. The Morgan fingerprint density at radius 3 is 2.53 bits per heavy atom. The van der Waals surface area contributed by atoms with Crippen LogP contribution in [0.15, 0.2) is 41.1 Å². The summed E-state index contributed by atoms with van der Waals surface area (Å²) in [6, 6.07) is 9.01. The fourth-order valence-corrected chi connectivity index (χ4v) is 3.72. The smallest absolute Gasteiger partial charge is 0.399 e. The Bertz CT molecular complexity index is 1190. The Kier molecular flexibility index (Phi) is 4.90. The van der Waals surface area contributed by atoms with E-state index >= 15 is 0 Å². The van der Waals surface area contributed by atoms with E-state index in [1.165, 1.54) is 0 Å². The predicted molar refractivity (Wildman–Crippen MR) is 122 cm³/mol. The number of rotatable bonds is 3. The SMILES string of the molecule is CC1(C)OB(c2ccc(-c3noc(C4=Cc5cc(Cl)ccc5NC4O)n3)nc2)OC1(C)C. The van der Waals surface area contributed by atoms with Gasteiger partial charge in [0.1, 0.15) is 5.69 Å². The second-order valence-corrected chi connectivity index (χ2v) is 9.30. The van der Waals surface area contributed by atoms with Gasteiger partial charge in [0.05, 0.1) is 16.8 Å². The third kappa shape index (κ3) is 3.61. The lowest BCUT2D eigenvalue weighted by atomic mass is 9.80. The van der Waals surface area contributed by atoms with Crippen LogP contribution in [-0.4, -0.2) is 44.8 Å². The number of nitrogens with one attached hydrogen (secondary N) is 1. The Hall–Kier alpha value is -2.72. The number of hydrogen-bond acceptors (Lipinski definition) is 8. The molecule has 1 saturated heterocycles. The van der Waals surface area contributed by atoms with E-state index in [0.29, 0.717) is 22.1 Å². The zero-order valence-corrected chi connectivity index (χ0v) is 18.8. The lowest BCUT2D eigenvalue weighted by Gasteiger charge is -2.32. The molecule has 1 atom stereocenters.